The van der Waals surface area contributed by atoms with Gasteiger partial charge in [0.25, 0.3) is 31.8 Å². The van der Waals surface area contributed by atoms with Crippen molar-refractivity contribution in [2.45, 2.75) is 15.8 Å². The van der Waals surface area contributed by atoms with Gasteiger partial charge in [-0.15, -0.1) is 15.3 Å². The lowest BCUT2D eigenvalue weighted by Crippen LogP contribution is -2.32. The van der Waals surface area contributed by atoms with E-state index in [1.165, 1.54) is 12.1 Å². The lowest BCUT2D eigenvalue weighted by atomic mass is 10.1. The van der Waals surface area contributed by atoms with Gasteiger partial charge in [0, 0.05) is 6.07 Å². The monoisotopic (exact) mass is 847 g/mol. The third kappa shape index (κ3) is 8.30. The maximum Gasteiger partial charge on any atom is 0.355 e. The zero-order valence-corrected chi connectivity index (χ0v) is 30.5. The van der Waals surface area contributed by atoms with E-state index in [-0.39, 0.29) is 22.4 Å². The highest BCUT2D eigenvalue weighted by atomic mass is 32.2. The highest BCUT2D eigenvalue weighted by Gasteiger charge is 2.41. The molecule has 300 valence electrons. The van der Waals surface area contributed by atoms with Crippen LogP contribution in [-0.2, 0) is 29.8 Å². The first-order valence-corrected chi connectivity index (χ1v) is 18.7. The van der Waals surface area contributed by atoms with Crippen LogP contribution in [0, 0.1) is 10.1 Å². The number of fused-ring (bicyclic) bond motifs is 1. The Hall–Kier alpha value is -7.94. The second-order valence-electron chi connectivity index (χ2n) is 11.8. The summed E-state index contributed by atoms with van der Waals surface area (Å²) < 4.78 is 69.1. The topological polar surface area (TPSA) is 374 Å². The number of hydrogen-bond acceptors (Lipinski definition) is 18. The molecule has 26 heteroatoms. The van der Waals surface area contributed by atoms with Gasteiger partial charge in [-0.2, -0.15) is 42.3 Å². The van der Waals surface area contributed by atoms with E-state index in [1.807, 2.05) is 0 Å². The second-order valence-corrected chi connectivity index (χ2v) is 14.5. The Labute approximate surface area is 328 Å². The number of aliphatic carboxylic acids is 1. The number of nitro benzene ring substituents is 1. The number of nitro groups is 1. The smallest absolute Gasteiger partial charge is 0.355 e. The molecule has 5 aromatic rings. The Kier molecular flexibility index (Phi) is 10.7. The van der Waals surface area contributed by atoms with E-state index in [2.05, 4.69) is 35.8 Å². The number of hydrazone groups is 1. The number of aromatic carboxylic acids is 1. The summed E-state index contributed by atoms with van der Waals surface area (Å²) in [6, 6.07) is 14.2. The zero-order valence-electron chi connectivity index (χ0n) is 28.9. The molecule has 1 amide bonds. The number of benzene rings is 5. The van der Waals surface area contributed by atoms with Crippen LogP contribution in [0.15, 0.2) is 131 Å². The van der Waals surface area contributed by atoms with Crippen molar-refractivity contribution >= 4 is 94.4 Å². The van der Waals surface area contributed by atoms with Gasteiger partial charge in [0.05, 0.1) is 27.4 Å². The molecule has 1 heterocycles. The summed E-state index contributed by atoms with van der Waals surface area (Å²) in [6.45, 7) is 0. The SMILES string of the molecule is O=C(O)C1=NN(c2ccccc2)C(=O)C1N=Nc1ccc(N=Nc2ccc3cc(S(=O)(=O)O)c(N=Nc4ccc([N+](=O)[O-])c(C(=O)O)c4)c(O)c3c2O)c(S(=O)(=O)O)c1. The molecule has 6 N–H and O–H groups in total. The van der Waals surface area contributed by atoms with Gasteiger partial charge in [-0.25, -0.2) is 9.59 Å². The summed E-state index contributed by atoms with van der Waals surface area (Å²) >= 11 is 0. The average Bonchev–Trinajstić information content (AvgIpc) is 3.51. The Morgan fingerprint density at radius 2 is 1.36 bits per heavy atom. The van der Waals surface area contributed by atoms with Gasteiger partial charge in [-0.05, 0) is 60.0 Å². The van der Waals surface area contributed by atoms with Gasteiger partial charge >= 0.3 is 11.9 Å². The molecule has 0 fully saturated rings. The van der Waals surface area contributed by atoms with Gasteiger partial charge in [0.1, 0.15) is 32.4 Å². The summed E-state index contributed by atoms with van der Waals surface area (Å²) in [5.74, 6) is -6.21. The van der Waals surface area contributed by atoms with Crippen LogP contribution in [0.5, 0.6) is 11.5 Å². The summed E-state index contributed by atoms with van der Waals surface area (Å²) in [6.07, 6.45) is 0. The number of anilines is 1. The average molecular weight is 848 g/mol. The number of amides is 1. The maximum absolute atomic E-state index is 13.0. The van der Waals surface area contributed by atoms with E-state index >= 15 is 0 Å². The molecule has 0 saturated heterocycles. The van der Waals surface area contributed by atoms with Crippen LogP contribution in [0.1, 0.15) is 10.4 Å². The van der Waals surface area contributed by atoms with Crippen molar-refractivity contribution < 1.29 is 65.7 Å². The van der Waals surface area contributed by atoms with E-state index in [0.717, 1.165) is 59.6 Å². The standard InChI is InChI=1S/C33H21N9O15S2/c43-29-21(9-6-15-12-24(59(55,56)57)26(30(44)25(15)29)38-34-16-8-11-22(42(50)51)19(13-16)32(46)47)37-36-20-10-7-17(14-23(20)58(52,53)54)35-39-27-28(33(48)49)40-41(31(27)45)18-4-2-1-3-5-18/h1-14,27,43-44H,(H,46,47)(H,48,49)(H,52,53,54)(H,55,56,57). The van der Waals surface area contributed by atoms with E-state index in [0.29, 0.717) is 0 Å². The van der Waals surface area contributed by atoms with Crippen LogP contribution < -0.4 is 5.01 Å². The molecule has 0 saturated carbocycles. The van der Waals surface area contributed by atoms with Crippen molar-refractivity contribution in [2.24, 2.45) is 35.8 Å². The highest BCUT2D eigenvalue weighted by molar-refractivity contribution is 7.86. The highest BCUT2D eigenvalue weighted by Crippen LogP contribution is 2.48. The molecule has 1 aliphatic rings. The molecule has 1 atom stereocenters. The normalized spacial score (nSPS) is 14.8. The minimum atomic E-state index is -5.18. The summed E-state index contributed by atoms with van der Waals surface area (Å²) in [4.78, 5) is 44.6. The molecule has 1 unspecified atom stereocenters. The third-order valence-electron chi connectivity index (χ3n) is 8.03. The van der Waals surface area contributed by atoms with E-state index in [4.69, 9.17) is 0 Å². The first kappa shape index (κ1) is 40.7. The fourth-order valence-corrected chi connectivity index (χ4v) is 6.66. The van der Waals surface area contributed by atoms with Gasteiger partial charge in [-0.1, -0.05) is 24.3 Å². The quantitative estimate of drug-likeness (QED) is 0.0356. The van der Waals surface area contributed by atoms with Crippen molar-refractivity contribution in [3.63, 3.8) is 0 Å². The van der Waals surface area contributed by atoms with Crippen LogP contribution >= 0.6 is 0 Å². The molecule has 6 rings (SSSR count). The van der Waals surface area contributed by atoms with Crippen LogP contribution in [0.2, 0.25) is 0 Å². The largest absolute Gasteiger partial charge is 0.505 e. The number of carbonyl (C=O) groups excluding carboxylic acids is 1. The van der Waals surface area contributed by atoms with Gasteiger partial charge in [0.15, 0.2) is 17.2 Å². The van der Waals surface area contributed by atoms with Crippen LogP contribution in [0.25, 0.3) is 10.8 Å². The number of carboxylic acids is 2. The predicted octanol–water partition coefficient (Wildman–Crippen LogP) is 6.12. The number of rotatable bonds is 12. The first-order chi connectivity index (χ1) is 27.8. The van der Waals surface area contributed by atoms with Crippen molar-refractivity contribution in [2.75, 3.05) is 5.01 Å². The van der Waals surface area contributed by atoms with Crippen molar-refractivity contribution in [3.05, 3.63) is 101 Å². The summed E-state index contributed by atoms with van der Waals surface area (Å²) in [7, 11) is -10.3. The lowest BCUT2D eigenvalue weighted by Gasteiger charge is -2.11. The van der Waals surface area contributed by atoms with Gasteiger partial charge in [0.2, 0.25) is 6.04 Å². The Balaban J connectivity index is 1.35. The van der Waals surface area contributed by atoms with E-state index in [9.17, 15) is 70.9 Å². The van der Waals surface area contributed by atoms with Gasteiger partial charge in [-0.3, -0.25) is 24.0 Å². The minimum Gasteiger partial charge on any atom is -0.505 e. The van der Waals surface area contributed by atoms with Gasteiger partial charge < -0.3 is 20.4 Å². The fourth-order valence-electron chi connectivity index (χ4n) is 5.36. The molecule has 59 heavy (non-hydrogen) atoms. The Morgan fingerprint density at radius 3 is 1.98 bits per heavy atom. The molecule has 1 aliphatic heterocycles. The number of aromatic hydroxyl groups is 2. The molecule has 0 aromatic heterocycles. The Morgan fingerprint density at radius 1 is 0.729 bits per heavy atom. The number of azo groups is 3. The van der Waals surface area contributed by atoms with Crippen molar-refractivity contribution in [1.29, 1.82) is 0 Å². The third-order valence-corrected chi connectivity index (χ3v) is 9.78. The van der Waals surface area contributed by atoms with Crippen molar-refractivity contribution in [1.82, 2.24) is 0 Å². The Bertz CT molecular complexity index is 2990. The van der Waals surface area contributed by atoms with Crippen LogP contribution in [0.4, 0.5) is 39.8 Å². The molecule has 0 spiro atoms. The summed E-state index contributed by atoms with van der Waals surface area (Å²) in [5, 5.41) is 78.5. The van der Waals surface area contributed by atoms with E-state index < -0.39 is 110 Å². The number of nitrogens with zero attached hydrogens (tertiary/aromatic N) is 9. The molecule has 0 bridgehead atoms. The van der Waals surface area contributed by atoms with Crippen LogP contribution in [0.3, 0.4) is 0 Å². The lowest BCUT2D eigenvalue weighted by molar-refractivity contribution is -0.385. The number of phenols is 2. The number of carboxylic acid groups (broad SMARTS) is 2. The predicted molar refractivity (Wildman–Crippen MR) is 199 cm³/mol. The zero-order chi connectivity index (χ0) is 43.0. The summed E-state index contributed by atoms with van der Waals surface area (Å²) in [5.41, 5.74) is -4.79. The number of para-hydroxylation sites is 1. The second kappa shape index (κ2) is 15.5. The van der Waals surface area contributed by atoms with Crippen LogP contribution in [-0.4, -0.2) is 80.9 Å². The minimum absolute atomic E-state index is 0.230. The first-order valence-electron chi connectivity index (χ1n) is 15.8. The molecule has 24 nitrogen and oxygen atoms in total. The van der Waals surface area contributed by atoms with Crippen molar-refractivity contribution in [3.8, 4) is 11.5 Å². The fraction of sp³-hybridized carbons (Fsp3) is 0.0303. The molecule has 5 aromatic carbocycles. The van der Waals surface area contributed by atoms with E-state index in [1.54, 1.807) is 18.2 Å². The number of hydrogen-bond donors (Lipinski definition) is 6. The number of carbonyl (C=O) groups is 3. The molecule has 0 aliphatic carbocycles. The molecule has 0 radical (unpaired) electrons. The maximum atomic E-state index is 13.0. The molecular formula is C33H21N9O15S2. The molecular weight excluding hydrogens is 827 g/mol. The number of phenolic OH excluding ortho intramolecular Hbond substituents is 2.